The van der Waals surface area contributed by atoms with Crippen LogP contribution in [0, 0.1) is 19.8 Å². The average Bonchev–Trinajstić information content (AvgIpc) is 2.70. The first-order chi connectivity index (χ1) is 8.08. The van der Waals surface area contributed by atoms with Crippen LogP contribution in [0.1, 0.15) is 30.0 Å². The van der Waals surface area contributed by atoms with Gasteiger partial charge >= 0.3 is 0 Å². The van der Waals surface area contributed by atoms with E-state index in [1.807, 2.05) is 6.92 Å². The third kappa shape index (κ3) is 2.75. The predicted molar refractivity (Wildman–Crippen MR) is 68.1 cm³/mol. The average molecular weight is 232 g/mol. The maximum absolute atomic E-state index is 12.1. The Morgan fingerprint density at radius 3 is 2.71 bits per heavy atom. The second-order valence-electron chi connectivity index (χ2n) is 5.03. The molecule has 0 amide bonds. The summed E-state index contributed by atoms with van der Waals surface area (Å²) < 4.78 is 5.45. The molecule has 2 rings (SSSR count). The highest BCUT2D eigenvalue weighted by molar-refractivity contribution is 5.84. The van der Waals surface area contributed by atoms with Crippen molar-refractivity contribution in [1.82, 2.24) is 0 Å². The number of hydrogen-bond donors (Lipinski definition) is 0. The first-order valence-corrected chi connectivity index (χ1v) is 6.28. The van der Waals surface area contributed by atoms with Crippen LogP contribution >= 0.6 is 0 Å². The van der Waals surface area contributed by atoms with E-state index in [1.165, 1.54) is 11.1 Å². The largest absolute Gasteiger partial charge is 0.378 e. The number of benzene rings is 1. The summed E-state index contributed by atoms with van der Waals surface area (Å²) in [5.41, 5.74) is 3.65. The number of rotatable bonds is 3. The smallest absolute Gasteiger partial charge is 0.142 e. The number of aryl methyl sites for hydroxylation is 2. The zero-order chi connectivity index (χ0) is 12.4. The molecule has 0 N–H and O–H groups in total. The van der Waals surface area contributed by atoms with Crippen molar-refractivity contribution >= 4 is 5.78 Å². The highest BCUT2D eigenvalue weighted by atomic mass is 16.5. The van der Waals surface area contributed by atoms with Gasteiger partial charge in [-0.15, -0.1) is 0 Å². The SMILES string of the molecule is Cc1ccc(CC(=O)C2CCOC2C)cc1C. The lowest BCUT2D eigenvalue weighted by Crippen LogP contribution is -2.23. The lowest BCUT2D eigenvalue weighted by Gasteiger charge is -2.13. The molecule has 2 atom stereocenters. The topological polar surface area (TPSA) is 26.3 Å². The highest BCUT2D eigenvalue weighted by Crippen LogP contribution is 2.23. The molecule has 0 radical (unpaired) electrons. The standard InChI is InChI=1S/C15H20O2/c1-10-4-5-13(8-11(10)2)9-15(16)14-6-7-17-12(14)3/h4-5,8,12,14H,6-7,9H2,1-3H3. The third-order valence-corrected chi connectivity index (χ3v) is 3.74. The van der Waals surface area contributed by atoms with Crippen molar-refractivity contribution < 1.29 is 9.53 Å². The zero-order valence-electron chi connectivity index (χ0n) is 10.8. The van der Waals surface area contributed by atoms with Gasteiger partial charge in [0, 0.05) is 18.9 Å². The molecule has 1 heterocycles. The molecule has 0 aromatic heterocycles. The van der Waals surface area contributed by atoms with E-state index in [0.717, 1.165) is 18.6 Å². The molecule has 2 unspecified atom stereocenters. The normalized spacial score (nSPS) is 23.9. The minimum Gasteiger partial charge on any atom is -0.378 e. The molecule has 0 aliphatic carbocycles. The Kier molecular flexibility index (Phi) is 3.63. The van der Waals surface area contributed by atoms with Crippen LogP contribution in [0.2, 0.25) is 0 Å². The van der Waals surface area contributed by atoms with Crippen LogP contribution in [0.25, 0.3) is 0 Å². The molecule has 1 aromatic rings. The van der Waals surface area contributed by atoms with Gasteiger partial charge in [0.25, 0.3) is 0 Å². The van der Waals surface area contributed by atoms with Crippen LogP contribution in [0.3, 0.4) is 0 Å². The fourth-order valence-corrected chi connectivity index (χ4v) is 2.40. The molecule has 0 spiro atoms. The molecule has 2 nitrogen and oxygen atoms in total. The van der Waals surface area contributed by atoms with E-state index < -0.39 is 0 Å². The van der Waals surface area contributed by atoms with Gasteiger partial charge in [0.15, 0.2) is 0 Å². The van der Waals surface area contributed by atoms with Crippen LogP contribution < -0.4 is 0 Å². The highest BCUT2D eigenvalue weighted by Gasteiger charge is 2.30. The van der Waals surface area contributed by atoms with Gasteiger partial charge < -0.3 is 4.74 Å². The maximum atomic E-state index is 12.1. The summed E-state index contributed by atoms with van der Waals surface area (Å²) in [6.07, 6.45) is 1.51. The van der Waals surface area contributed by atoms with E-state index in [4.69, 9.17) is 4.74 Å². The first kappa shape index (κ1) is 12.3. The van der Waals surface area contributed by atoms with E-state index in [9.17, 15) is 4.79 Å². The molecule has 2 heteroatoms. The molecule has 1 fully saturated rings. The van der Waals surface area contributed by atoms with Gasteiger partial charge in [-0.05, 0) is 43.9 Å². The summed E-state index contributed by atoms with van der Waals surface area (Å²) in [7, 11) is 0. The van der Waals surface area contributed by atoms with Crippen molar-refractivity contribution in [1.29, 1.82) is 0 Å². The van der Waals surface area contributed by atoms with Crippen LogP contribution in [0.15, 0.2) is 18.2 Å². The van der Waals surface area contributed by atoms with Crippen molar-refractivity contribution in [2.75, 3.05) is 6.61 Å². The van der Waals surface area contributed by atoms with E-state index in [0.29, 0.717) is 12.2 Å². The molecule has 1 aliphatic rings. The van der Waals surface area contributed by atoms with E-state index in [1.54, 1.807) is 0 Å². The Hall–Kier alpha value is -1.15. The molecule has 1 saturated heterocycles. The number of hydrogen-bond acceptors (Lipinski definition) is 2. The fraction of sp³-hybridized carbons (Fsp3) is 0.533. The molecular weight excluding hydrogens is 212 g/mol. The number of ether oxygens (including phenoxy) is 1. The van der Waals surface area contributed by atoms with Gasteiger partial charge in [0.05, 0.1) is 6.10 Å². The first-order valence-electron chi connectivity index (χ1n) is 6.28. The maximum Gasteiger partial charge on any atom is 0.142 e. The molecular formula is C15H20O2. The van der Waals surface area contributed by atoms with Crippen molar-refractivity contribution in [3.8, 4) is 0 Å². The lowest BCUT2D eigenvalue weighted by atomic mass is 9.92. The molecule has 1 aliphatic heterocycles. The molecule has 92 valence electrons. The fourth-order valence-electron chi connectivity index (χ4n) is 2.40. The molecule has 1 aromatic carbocycles. The predicted octanol–water partition coefficient (Wildman–Crippen LogP) is 2.84. The second kappa shape index (κ2) is 5.01. The van der Waals surface area contributed by atoms with Gasteiger partial charge in [-0.25, -0.2) is 0 Å². The number of ketones is 1. The Bertz CT molecular complexity index is 423. The lowest BCUT2D eigenvalue weighted by molar-refractivity contribution is -0.123. The van der Waals surface area contributed by atoms with Crippen LogP contribution in [-0.4, -0.2) is 18.5 Å². The van der Waals surface area contributed by atoms with Gasteiger partial charge in [0.2, 0.25) is 0 Å². The van der Waals surface area contributed by atoms with Gasteiger partial charge in [-0.1, -0.05) is 18.2 Å². The van der Waals surface area contributed by atoms with Crippen LogP contribution in [-0.2, 0) is 16.0 Å². The molecule has 17 heavy (non-hydrogen) atoms. The van der Waals surface area contributed by atoms with E-state index in [-0.39, 0.29) is 12.0 Å². The second-order valence-corrected chi connectivity index (χ2v) is 5.03. The minimum atomic E-state index is 0.0917. The Morgan fingerprint density at radius 2 is 2.12 bits per heavy atom. The van der Waals surface area contributed by atoms with Crippen molar-refractivity contribution in [2.24, 2.45) is 5.92 Å². The van der Waals surface area contributed by atoms with Crippen molar-refractivity contribution in [3.63, 3.8) is 0 Å². The zero-order valence-corrected chi connectivity index (χ0v) is 10.8. The minimum absolute atomic E-state index is 0.0917. The monoisotopic (exact) mass is 232 g/mol. The summed E-state index contributed by atoms with van der Waals surface area (Å²) in [5.74, 6) is 0.412. The Labute approximate surface area is 103 Å². The summed E-state index contributed by atoms with van der Waals surface area (Å²) in [5, 5.41) is 0. The quantitative estimate of drug-likeness (QED) is 0.801. The Balaban J connectivity index is 2.05. The molecule has 0 bridgehead atoms. The summed E-state index contributed by atoms with van der Waals surface area (Å²) in [6, 6.07) is 6.26. The van der Waals surface area contributed by atoms with Crippen molar-refractivity contribution in [3.05, 3.63) is 34.9 Å². The summed E-state index contributed by atoms with van der Waals surface area (Å²) in [4.78, 5) is 12.1. The van der Waals surface area contributed by atoms with Crippen LogP contribution in [0.5, 0.6) is 0 Å². The van der Waals surface area contributed by atoms with Crippen LogP contribution in [0.4, 0.5) is 0 Å². The molecule has 0 saturated carbocycles. The number of carbonyl (C=O) groups excluding carboxylic acids is 1. The number of carbonyl (C=O) groups is 1. The third-order valence-electron chi connectivity index (χ3n) is 3.74. The number of Topliss-reactive ketones (excluding diaryl/α,β-unsaturated/α-hetero) is 1. The van der Waals surface area contributed by atoms with Crippen molar-refractivity contribution in [2.45, 2.75) is 39.7 Å². The van der Waals surface area contributed by atoms with Gasteiger partial charge in [-0.3, -0.25) is 4.79 Å². The van der Waals surface area contributed by atoms with Gasteiger partial charge in [0.1, 0.15) is 5.78 Å². The van der Waals surface area contributed by atoms with E-state index in [2.05, 4.69) is 32.0 Å². The summed E-state index contributed by atoms with van der Waals surface area (Å²) in [6.45, 7) is 6.90. The van der Waals surface area contributed by atoms with E-state index >= 15 is 0 Å². The van der Waals surface area contributed by atoms with Gasteiger partial charge in [-0.2, -0.15) is 0 Å². The Morgan fingerprint density at radius 1 is 1.35 bits per heavy atom. The summed E-state index contributed by atoms with van der Waals surface area (Å²) >= 11 is 0.